The van der Waals surface area contributed by atoms with E-state index in [0.717, 1.165) is 44.9 Å². The van der Waals surface area contributed by atoms with Crippen LogP contribution in [-0.2, 0) is 11.2 Å². The second kappa shape index (κ2) is 10.3. The number of carbonyl (C=O) groups excluding carboxylic acids is 1. The number of nitrogens with one attached hydrogen (secondary N) is 2. The predicted octanol–water partition coefficient (Wildman–Crippen LogP) is 3.05. The maximum atomic E-state index is 11.6. The zero-order valence-corrected chi connectivity index (χ0v) is 18.9. The smallest absolute Gasteiger partial charge is 0.220 e. The number of carbonyl (C=O) groups is 1. The van der Waals surface area contributed by atoms with Gasteiger partial charge in [-0.1, -0.05) is 30.3 Å². The molecule has 1 aliphatic heterocycles. The highest BCUT2D eigenvalue weighted by molar-refractivity contribution is 14.0. The van der Waals surface area contributed by atoms with Crippen LogP contribution in [0.4, 0.5) is 0 Å². The summed E-state index contributed by atoms with van der Waals surface area (Å²) in [6, 6.07) is 10.8. The lowest BCUT2D eigenvalue weighted by Crippen LogP contribution is -2.47. The van der Waals surface area contributed by atoms with Gasteiger partial charge < -0.3 is 15.5 Å². The van der Waals surface area contributed by atoms with Gasteiger partial charge in [-0.25, -0.2) is 0 Å². The van der Waals surface area contributed by atoms with Gasteiger partial charge in [0.2, 0.25) is 5.91 Å². The Labute approximate surface area is 180 Å². The van der Waals surface area contributed by atoms with Crippen molar-refractivity contribution >= 4 is 35.8 Å². The first kappa shape index (κ1) is 22.0. The highest BCUT2D eigenvalue weighted by Gasteiger charge is 2.42. The summed E-state index contributed by atoms with van der Waals surface area (Å²) in [5, 5.41) is 6.36. The minimum absolute atomic E-state index is 0. The van der Waals surface area contributed by atoms with Gasteiger partial charge in [0, 0.05) is 40.2 Å². The minimum atomic E-state index is 0. The Hall–Kier alpha value is -1.31. The van der Waals surface area contributed by atoms with E-state index < -0.39 is 0 Å². The Bertz CT molecular complexity index is 622. The fourth-order valence-electron chi connectivity index (χ4n) is 3.93. The second-order valence-corrected chi connectivity index (χ2v) is 7.87. The average Bonchev–Trinajstić information content (AvgIpc) is 3.43. The van der Waals surface area contributed by atoms with Crippen LogP contribution in [0.25, 0.3) is 0 Å². The second-order valence-electron chi connectivity index (χ2n) is 7.87. The maximum absolute atomic E-state index is 11.6. The molecule has 150 valence electrons. The molecule has 1 heterocycles. The molecule has 6 heteroatoms. The fraction of sp³-hybridized carbons (Fsp3) is 0.619. The molecule has 1 aromatic carbocycles. The van der Waals surface area contributed by atoms with Gasteiger partial charge in [-0.15, -0.1) is 24.0 Å². The molecule has 1 aromatic rings. The number of rotatable bonds is 6. The van der Waals surface area contributed by atoms with Gasteiger partial charge in [0.15, 0.2) is 5.96 Å². The normalized spacial score (nSPS) is 19.2. The summed E-state index contributed by atoms with van der Waals surface area (Å²) in [6.45, 7) is 2.95. The van der Waals surface area contributed by atoms with Crippen LogP contribution in [-0.4, -0.2) is 50.5 Å². The van der Waals surface area contributed by atoms with E-state index in [1.165, 1.54) is 18.4 Å². The molecule has 0 aromatic heterocycles. The lowest BCUT2D eigenvalue weighted by atomic mass is 9.93. The molecular formula is C21H33IN4O. The molecule has 2 N–H and O–H groups in total. The van der Waals surface area contributed by atoms with Crippen LogP contribution in [0.15, 0.2) is 35.3 Å². The van der Waals surface area contributed by atoms with Crippen molar-refractivity contribution in [2.45, 2.75) is 38.5 Å². The van der Waals surface area contributed by atoms with Crippen molar-refractivity contribution < 1.29 is 4.79 Å². The van der Waals surface area contributed by atoms with Crippen molar-refractivity contribution in [3.05, 3.63) is 35.9 Å². The summed E-state index contributed by atoms with van der Waals surface area (Å²) in [5.74, 6) is 1.67. The molecule has 3 rings (SSSR count). The van der Waals surface area contributed by atoms with Crippen LogP contribution >= 0.6 is 24.0 Å². The van der Waals surface area contributed by atoms with Gasteiger partial charge >= 0.3 is 0 Å². The average molecular weight is 484 g/mol. The van der Waals surface area contributed by atoms with Crippen molar-refractivity contribution in [3.8, 4) is 0 Å². The zero-order valence-electron chi connectivity index (χ0n) is 16.5. The number of likely N-dealkylation sites (tertiary alicyclic amines) is 1. The van der Waals surface area contributed by atoms with E-state index in [1.54, 1.807) is 7.05 Å². The van der Waals surface area contributed by atoms with Gasteiger partial charge in [-0.2, -0.15) is 0 Å². The Morgan fingerprint density at radius 2 is 1.89 bits per heavy atom. The molecule has 0 radical (unpaired) electrons. The molecule has 27 heavy (non-hydrogen) atoms. The largest absolute Gasteiger partial charge is 0.359 e. The Morgan fingerprint density at radius 1 is 1.22 bits per heavy atom. The van der Waals surface area contributed by atoms with Crippen molar-refractivity contribution in [1.29, 1.82) is 0 Å². The molecule has 0 spiro atoms. The molecule has 1 saturated heterocycles. The SMILES string of the molecule is CN=C(NCC1(Cc2ccccc2)CC1)N1CCC(CC(=O)NC)CC1.I. The zero-order chi connectivity index (χ0) is 18.4. The summed E-state index contributed by atoms with van der Waals surface area (Å²) in [7, 11) is 3.59. The van der Waals surface area contributed by atoms with Crippen LogP contribution in [0.2, 0.25) is 0 Å². The van der Waals surface area contributed by atoms with Gasteiger partial charge in [0.1, 0.15) is 0 Å². The first-order valence-electron chi connectivity index (χ1n) is 9.84. The predicted molar refractivity (Wildman–Crippen MR) is 122 cm³/mol. The molecule has 0 bridgehead atoms. The number of nitrogens with zero attached hydrogens (tertiary/aromatic N) is 2. The summed E-state index contributed by atoms with van der Waals surface area (Å²) >= 11 is 0. The van der Waals surface area contributed by atoms with Crippen LogP contribution in [0.1, 0.15) is 37.7 Å². The Balaban J connectivity index is 0.00000261. The number of piperidine rings is 1. The molecule has 0 unspecified atom stereocenters. The van der Waals surface area contributed by atoms with Crippen LogP contribution in [0.3, 0.4) is 0 Å². The highest BCUT2D eigenvalue weighted by atomic mass is 127. The molecular weight excluding hydrogens is 451 g/mol. The van der Waals surface area contributed by atoms with Crippen molar-refractivity contribution in [2.75, 3.05) is 33.7 Å². The standard InChI is InChI=1S/C21H32N4O.HI/c1-22-19(26)14-17-8-12-25(13-9-17)20(23-2)24-16-21(10-11-21)15-18-6-4-3-5-7-18;/h3-7,17H,8-16H2,1-2H3,(H,22,26)(H,23,24);1H. The van der Waals surface area contributed by atoms with Gasteiger partial charge in [0.25, 0.3) is 0 Å². The van der Waals surface area contributed by atoms with E-state index in [9.17, 15) is 4.79 Å². The topological polar surface area (TPSA) is 56.7 Å². The number of aliphatic imine (C=N–C) groups is 1. The lowest BCUT2D eigenvalue weighted by molar-refractivity contribution is -0.121. The molecule has 0 atom stereocenters. The van der Waals surface area contributed by atoms with E-state index in [0.29, 0.717) is 17.8 Å². The van der Waals surface area contributed by atoms with E-state index >= 15 is 0 Å². The van der Waals surface area contributed by atoms with Crippen LogP contribution < -0.4 is 10.6 Å². The first-order chi connectivity index (χ1) is 12.6. The number of amides is 1. The highest BCUT2D eigenvalue weighted by Crippen LogP contribution is 2.47. The third-order valence-corrected chi connectivity index (χ3v) is 5.88. The van der Waals surface area contributed by atoms with Crippen molar-refractivity contribution in [3.63, 3.8) is 0 Å². The van der Waals surface area contributed by atoms with Crippen molar-refractivity contribution in [1.82, 2.24) is 15.5 Å². The monoisotopic (exact) mass is 484 g/mol. The summed E-state index contributed by atoms with van der Waals surface area (Å²) in [5.41, 5.74) is 1.83. The molecule has 2 aliphatic rings. The summed E-state index contributed by atoms with van der Waals surface area (Å²) in [4.78, 5) is 18.4. The van der Waals surface area contributed by atoms with E-state index in [1.807, 2.05) is 7.05 Å². The van der Waals surface area contributed by atoms with Gasteiger partial charge in [-0.05, 0) is 49.0 Å². The summed E-state index contributed by atoms with van der Waals surface area (Å²) in [6.07, 6.45) is 6.50. The molecule has 5 nitrogen and oxygen atoms in total. The van der Waals surface area contributed by atoms with Gasteiger partial charge in [0.05, 0.1) is 0 Å². The number of hydrogen-bond acceptors (Lipinski definition) is 2. The number of halogens is 1. The Kier molecular flexibility index (Phi) is 8.38. The van der Waals surface area contributed by atoms with E-state index in [2.05, 4.69) is 50.9 Å². The molecule has 2 fully saturated rings. The quantitative estimate of drug-likeness (QED) is 0.371. The third kappa shape index (κ3) is 6.36. The number of benzene rings is 1. The maximum Gasteiger partial charge on any atom is 0.220 e. The van der Waals surface area contributed by atoms with Crippen LogP contribution in [0, 0.1) is 11.3 Å². The summed E-state index contributed by atoms with van der Waals surface area (Å²) < 4.78 is 0. The third-order valence-electron chi connectivity index (χ3n) is 5.88. The number of hydrogen-bond donors (Lipinski definition) is 2. The van der Waals surface area contributed by atoms with Crippen molar-refractivity contribution in [2.24, 2.45) is 16.3 Å². The van der Waals surface area contributed by atoms with E-state index in [4.69, 9.17) is 0 Å². The lowest BCUT2D eigenvalue weighted by Gasteiger charge is -2.34. The number of guanidine groups is 1. The van der Waals surface area contributed by atoms with E-state index in [-0.39, 0.29) is 29.9 Å². The fourth-order valence-corrected chi connectivity index (χ4v) is 3.93. The Morgan fingerprint density at radius 3 is 2.44 bits per heavy atom. The van der Waals surface area contributed by atoms with Gasteiger partial charge in [-0.3, -0.25) is 9.79 Å². The molecule has 1 aliphatic carbocycles. The molecule has 1 amide bonds. The minimum Gasteiger partial charge on any atom is -0.359 e. The first-order valence-corrected chi connectivity index (χ1v) is 9.84. The van der Waals surface area contributed by atoms with Crippen LogP contribution in [0.5, 0.6) is 0 Å². The molecule has 1 saturated carbocycles.